The van der Waals surface area contributed by atoms with Crippen LogP contribution in [0.15, 0.2) is 0 Å². The second-order valence-electron chi connectivity index (χ2n) is 5.05. The quantitative estimate of drug-likeness (QED) is 0.754. The van der Waals surface area contributed by atoms with Gasteiger partial charge in [0.2, 0.25) is 0 Å². The van der Waals surface area contributed by atoms with Crippen molar-refractivity contribution in [3.63, 3.8) is 0 Å². The van der Waals surface area contributed by atoms with E-state index >= 15 is 0 Å². The van der Waals surface area contributed by atoms with E-state index in [1.54, 1.807) is 0 Å². The molecule has 0 aliphatic carbocycles. The van der Waals surface area contributed by atoms with Gasteiger partial charge in [-0.15, -0.1) is 0 Å². The molecule has 0 bridgehead atoms. The van der Waals surface area contributed by atoms with Gasteiger partial charge in [0.05, 0.1) is 12.7 Å². The molecule has 1 rings (SSSR count). The van der Waals surface area contributed by atoms with Crippen molar-refractivity contribution in [3.8, 4) is 0 Å². The molecule has 0 spiro atoms. The molecule has 3 unspecified atom stereocenters. The topological polar surface area (TPSA) is 38.5 Å². The highest BCUT2D eigenvalue weighted by Crippen LogP contribution is 2.17. The summed E-state index contributed by atoms with van der Waals surface area (Å²) in [5, 5.41) is 0. The summed E-state index contributed by atoms with van der Waals surface area (Å²) in [5.41, 5.74) is 5.84. The third-order valence-corrected chi connectivity index (χ3v) is 3.58. The van der Waals surface area contributed by atoms with Crippen LogP contribution in [0, 0.1) is 5.92 Å². The Bertz CT molecular complexity index is 187. The largest absolute Gasteiger partial charge is 0.376 e. The van der Waals surface area contributed by atoms with Gasteiger partial charge < -0.3 is 10.5 Å². The number of hydrogen-bond acceptors (Lipinski definition) is 3. The molecule has 1 aliphatic rings. The second kappa shape index (κ2) is 7.25. The van der Waals surface area contributed by atoms with Gasteiger partial charge in [0.1, 0.15) is 0 Å². The Morgan fingerprint density at radius 1 is 1.44 bits per heavy atom. The van der Waals surface area contributed by atoms with E-state index in [4.69, 9.17) is 10.5 Å². The maximum Gasteiger partial charge on any atom is 0.0674 e. The van der Waals surface area contributed by atoms with Gasteiger partial charge in [-0.2, -0.15) is 0 Å². The van der Waals surface area contributed by atoms with E-state index in [2.05, 4.69) is 25.7 Å². The minimum atomic E-state index is 0.378. The number of morpholine rings is 1. The number of hydrogen-bond donors (Lipinski definition) is 1. The standard InChI is InChI=1S/C13H28N2O/c1-4-6-12(7-14)9-15-8-11(3)16-10-13(15)5-2/h11-13H,4-10,14H2,1-3H3. The molecular weight excluding hydrogens is 200 g/mol. The van der Waals surface area contributed by atoms with E-state index in [1.807, 2.05) is 0 Å². The Hall–Kier alpha value is -0.120. The SMILES string of the molecule is CCCC(CN)CN1CC(C)OCC1CC. The maximum absolute atomic E-state index is 5.84. The predicted molar refractivity (Wildman–Crippen MR) is 68.5 cm³/mol. The molecular formula is C13H28N2O. The number of nitrogens with zero attached hydrogens (tertiary/aromatic N) is 1. The Morgan fingerprint density at radius 2 is 2.19 bits per heavy atom. The summed E-state index contributed by atoms with van der Waals surface area (Å²) in [6.45, 7) is 10.6. The summed E-state index contributed by atoms with van der Waals surface area (Å²) in [5.74, 6) is 0.657. The number of rotatable bonds is 6. The van der Waals surface area contributed by atoms with Gasteiger partial charge in [-0.25, -0.2) is 0 Å². The van der Waals surface area contributed by atoms with Crippen LogP contribution in [0.3, 0.4) is 0 Å². The van der Waals surface area contributed by atoms with Crippen LogP contribution in [0.25, 0.3) is 0 Å². The van der Waals surface area contributed by atoms with Gasteiger partial charge in [-0.1, -0.05) is 20.3 Å². The van der Waals surface area contributed by atoms with Gasteiger partial charge >= 0.3 is 0 Å². The Balaban J connectivity index is 2.46. The van der Waals surface area contributed by atoms with Crippen molar-refractivity contribution in [1.29, 1.82) is 0 Å². The lowest BCUT2D eigenvalue weighted by atomic mass is 10.0. The van der Waals surface area contributed by atoms with Gasteiger partial charge in [-0.05, 0) is 32.2 Å². The first-order chi connectivity index (χ1) is 7.71. The highest BCUT2D eigenvalue weighted by Gasteiger charge is 2.26. The molecule has 0 radical (unpaired) electrons. The molecule has 1 saturated heterocycles. The maximum atomic E-state index is 5.84. The smallest absolute Gasteiger partial charge is 0.0674 e. The normalized spacial score (nSPS) is 29.2. The van der Waals surface area contributed by atoms with Crippen LogP contribution in [-0.4, -0.2) is 43.3 Å². The molecule has 3 nitrogen and oxygen atoms in total. The van der Waals surface area contributed by atoms with Crippen molar-refractivity contribution in [1.82, 2.24) is 4.90 Å². The minimum absolute atomic E-state index is 0.378. The van der Waals surface area contributed by atoms with Crippen molar-refractivity contribution in [2.24, 2.45) is 11.7 Å². The molecule has 16 heavy (non-hydrogen) atoms. The van der Waals surface area contributed by atoms with Crippen molar-refractivity contribution < 1.29 is 4.74 Å². The zero-order valence-electron chi connectivity index (χ0n) is 11.1. The van der Waals surface area contributed by atoms with Crippen molar-refractivity contribution in [2.45, 2.75) is 52.2 Å². The minimum Gasteiger partial charge on any atom is -0.376 e. The molecule has 0 saturated carbocycles. The predicted octanol–water partition coefficient (Wildman–Crippen LogP) is 1.86. The lowest BCUT2D eigenvalue weighted by Crippen LogP contribution is -2.50. The molecule has 1 fully saturated rings. The first-order valence-corrected chi connectivity index (χ1v) is 6.76. The highest BCUT2D eigenvalue weighted by atomic mass is 16.5. The van der Waals surface area contributed by atoms with Crippen molar-refractivity contribution >= 4 is 0 Å². The fourth-order valence-corrected chi connectivity index (χ4v) is 2.54. The molecule has 2 N–H and O–H groups in total. The molecule has 0 aromatic heterocycles. The molecule has 1 aliphatic heterocycles. The Kier molecular flexibility index (Phi) is 6.32. The summed E-state index contributed by atoms with van der Waals surface area (Å²) in [7, 11) is 0. The first-order valence-electron chi connectivity index (χ1n) is 6.76. The van der Waals surface area contributed by atoms with Crippen molar-refractivity contribution in [3.05, 3.63) is 0 Å². The van der Waals surface area contributed by atoms with Crippen LogP contribution in [0.4, 0.5) is 0 Å². The Morgan fingerprint density at radius 3 is 2.75 bits per heavy atom. The average molecular weight is 228 g/mol. The van der Waals surface area contributed by atoms with Crippen LogP contribution in [0.5, 0.6) is 0 Å². The third kappa shape index (κ3) is 4.04. The van der Waals surface area contributed by atoms with Crippen LogP contribution in [0.2, 0.25) is 0 Å². The zero-order chi connectivity index (χ0) is 12.0. The van der Waals surface area contributed by atoms with Gasteiger partial charge in [-0.3, -0.25) is 4.90 Å². The fraction of sp³-hybridized carbons (Fsp3) is 1.00. The second-order valence-corrected chi connectivity index (χ2v) is 5.05. The molecule has 3 atom stereocenters. The van der Waals surface area contributed by atoms with E-state index in [0.717, 1.165) is 26.2 Å². The van der Waals surface area contributed by atoms with Crippen LogP contribution in [-0.2, 0) is 4.74 Å². The lowest BCUT2D eigenvalue weighted by Gasteiger charge is -2.40. The number of ether oxygens (including phenoxy) is 1. The van der Waals surface area contributed by atoms with Crippen LogP contribution in [0.1, 0.15) is 40.0 Å². The summed E-state index contributed by atoms with van der Waals surface area (Å²) >= 11 is 0. The van der Waals surface area contributed by atoms with E-state index in [0.29, 0.717) is 18.1 Å². The highest BCUT2D eigenvalue weighted by molar-refractivity contribution is 4.79. The summed E-state index contributed by atoms with van der Waals surface area (Å²) in [6, 6.07) is 0.599. The molecule has 96 valence electrons. The van der Waals surface area contributed by atoms with E-state index in [-0.39, 0.29) is 0 Å². The van der Waals surface area contributed by atoms with Gasteiger partial charge in [0.15, 0.2) is 0 Å². The molecule has 1 heterocycles. The van der Waals surface area contributed by atoms with E-state index < -0.39 is 0 Å². The van der Waals surface area contributed by atoms with Crippen molar-refractivity contribution in [2.75, 3.05) is 26.2 Å². The monoisotopic (exact) mass is 228 g/mol. The fourth-order valence-electron chi connectivity index (χ4n) is 2.54. The summed E-state index contributed by atoms with van der Waals surface area (Å²) < 4.78 is 5.71. The van der Waals surface area contributed by atoms with E-state index in [1.165, 1.54) is 19.3 Å². The van der Waals surface area contributed by atoms with Crippen LogP contribution < -0.4 is 5.73 Å². The summed E-state index contributed by atoms with van der Waals surface area (Å²) in [6.07, 6.45) is 4.04. The van der Waals surface area contributed by atoms with Crippen LogP contribution >= 0.6 is 0 Å². The molecule has 0 aromatic rings. The van der Waals surface area contributed by atoms with Gasteiger partial charge in [0.25, 0.3) is 0 Å². The zero-order valence-corrected chi connectivity index (χ0v) is 11.1. The molecule has 3 heteroatoms. The average Bonchev–Trinajstić information content (AvgIpc) is 2.29. The molecule has 0 aromatic carbocycles. The van der Waals surface area contributed by atoms with Gasteiger partial charge in [0, 0.05) is 19.1 Å². The summed E-state index contributed by atoms with van der Waals surface area (Å²) in [4.78, 5) is 2.58. The lowest BCUT2D eigenvalue weighted by molar-refractivity contribution is -0.0606. The Labute approximate surface area is 100 Å². The third-order valence-electron chi connectivity index (χ3n) is 3.58. The molecule has 0 amide bonds. The van der Waals surface area contributed by atoms with E-state index in [9.17, 15) is 0 Å². The first kappa shape index (κ1) is 13.9. The number of nitrogens with two attached hydrogens (primary N) is 1.